The molecule has 0 heterocycles. The van der Waals surface area contributed by atoms with Crippen LogP contribution < -0.4 is 0 Å². The van der Waals surface area contributed by atoms with Gasteiger partial charge in [0.15, 0.2) is 6.10 Å². The summed E-state index contributed by atoms with van der Waals surface area (Å²) in [6.07, 6.45) is 51.2. The first-order valence-electron chi connectivity index (χ1n) is 24.0. The maximum absolute atomic E-state index is 12.7. The Bertz CT molecular complexity index is 953. The van der Waals surface area contributed by atoms with Crippen LogP contribution in [0.2, 0.25) is 0 Å². The molecule has 0 aliphatic rings. The third kappa shape index (κ3) is 42.8. The Labute approximate surface area is 346 Å². The molecule has 0 aromatic rings. The average molecular weight is 787 g/mol. The van der Waals surface area contributed by atoms with Crippen molar-refractivity contribution in [3.05, 3.63) is 36.5 Å². The Balaban J connectivity index is 4.36. The van der Waals surface area contributed by atoms with E-state index in [-0.39, 0.29) is 31.1 Å². The molecule has 0 aliphatic carbocycles. The van der Waals surface area contributed by atoms with E-state index in [0.717, 1.165) is 83.5 Å². The van der Waals surface area contributed by atoms with E-state index >= 15 is 0 Å². The summed E-state index contributed by atoms with van der Waals surface area (Å²) >= 11 is 0. The lowest BCUT2D eigenvalue weighted by atomic mass is 10.1. The molecule has 1 atom stereocenters. The lowest BCUT2D eigenvalue weighted by Gasteiger charge is -2.18. The molecule has 6 nitrogen and oxygen atoms in total. The number of hydrogen-bond donors (Lipinski definition) is 0. The van der Waals surface area contributed by atoms with E-state index in [2.05, 4.69) is 57.2 Å². The zero-order valence-electron chi connectivity index (χ0n) is 37.2. The Hall–Kier alpha value is -2.37. The van der Waals surface area contributed by atoms with Crippen molar-refractivity contribution >= 4 is 17.9 Å². The van der Waals surface area contributed by atoms with Crippen molar-refractivity contribution in [2.24, 2.45) is 0 Å². The summed E-state index contributed by atoms with van der Waals surface area (Å²) < 4.78 is 16.7. The van der Waals surface area contributed by atoms with Crippen molar-refractivity contribution in [2.45, 2.75) is 252 Å². The summed E-state index contributed by atoms with van der Waals surface area (Å²) in [5.41, 5.74) is 0. The average Bonchev–Trinajstić information content (AvgIpc) is 3.19. The molecule has 0 fully saturated rings. The number of carbonyl (C=O) groups is 3. The molecule has 0 aromatic heterocycles. The van der Waals surface area contributed by atoms with Gasteiger partial charge in [0.25, 0.3) is 0 Å². The number of hydrogen-bond acceptors (Lipinski definition) is 6. The largest absolute Gasteiger partial charge is 0.462 e. The first-order valence-corrected chi connectivity index (χ1v) is 24.0. The van der Waals surface area contributed by atoms with Crippen molar-refractivity contribution in [3.8, 4) is 0 Å². The highest BCUT2D eigenvalue weighted by Gasteiger charge is 2.19. The third-order valence-electron chi connectivity index (χ3n) is 10.3. The number of allylic oxidation sites excluding steroid dienone is 6. The maximum atomic E-state index is 12.7. The number of carbonyl (C=O) groups excluding carboxylic acids is 3. The molecular weight excluding hydrogens is 697 g/mol. The Kier molecular flexibility index (Phi) is 43.4. The van der Waals surface area contributed by atoms with E-state index in [1.54, 1.807) is 0 Å². The van der Waals surface area contributed by atoms with Crippen LogP contribution >= 0.6 is 0 Å². The van der Waals surface area contributed by atoms with E-state index in [4.69, 9.17) is 14.2 Å². The van der Waals surface area contributed by atoms with Gasteiger partial charge in [-0.15, -0.1) is 0 Å². The second-order valence-corrected chi connectivity index (χ2v) is 16.0. The summed E-state index contributed by atoms with van der Waals surface area (Å²) in [4.78, 5) is 37.8. The minimum Gasteiger partial charge on any atom is -0.462 e. The highest BCUT2D eigenvalue weighted by atomic mass is 16.6. The first-order chi connectivity index (χ1) is 27.5. The number of esters is 3. The van der Waals surface area contributed by atoms with Crippen LogP contribution in [0.4, 0.5) is 0 Å². The molecule has 0 saturated carbocycles. The molecule has 0 saturated heterocycles. The van der Waals surface area contributed by atoms with E-state index < -0.39 is 6.10 Å². The first kappa shape index (κ1) is 53.6. The minimum absolute atomic E-state index is 0.0816. The van der Waals surface area contributed by atoms with Crippen molar-refractivity contribution in [3.63, 3.8) is 0 Å². The van der Waals surface area contributed by atoms with Gasteiger partial charge in [-0.3, -0.25) is 14.4 Å². The fraction of sp³-hybridized carbons (Fsp3) is 0.820. The van der Waals surface area contributed by atoms with Crippen LogP contribution in [0.5, 0.6) is 0 Å². The fourth-order valence-corrected chi connectivity index (χ4v) is 6.63. The Morgan fingerprint density at radius 3 is 0.946 bits per heavy atom. The summed E-state index contributed by atoms with van der Waals surface area (Å²) in [5, 5.41) is 0. The van der Waals surface area contributed by atoms with Crippen molar-refractivity contribution in [1.82, 2.24) is 0 Å². The lowest BCUT2D eigenvalue weighted by Crippen LogP contribution is -2.30. The molecule has 0 radical (unpaired) electrons. The monoisotopic (exact) mass is 787 g/mol. The summed E-state index contributed by atoms with van der Waals surface area (Å²) in [7, 11) is 0. The van der Waals surface area contributed by atoms with Crippen molar-refractivity contribution in [1.29, 1.82) is 0 Å². The normalized spacial score (nSPS) is 12.3. The molecule has 326 valence electrons. The predicted octanol–water partition coefficient (Wildman–Crippen LogP) is 15.4. The van der Waals surface area contributed by atoms with Gasteiger partial charge < -0.3 is 14.2 Å². The summed E-state index contributed by atoms with van der Waals surface area (Å²) in [6.45, 7) is 6.54. The van der Waals surface area contributed by atoms with Crippen molar-refractivity contribution in [2.75, 3.05) is 13.2 Å². The second kappa shape index (κ2) is 45.3. The van der Waals surface area contributed by atoms with Crippen LogP contribution in [0, 0.1) is 0 Å². The molecule has 0 aliphatic heterocycles. The summed E-state index contributed by atoms with van der Waals surface area (Å²) in [5.74, 6) is -0.906. The molecule has 0 unspecified atom stereocenters. The molecule has 56 heavy (non-hydrogen) atoms. The van der Waals surface area contributed by atoms with Gasteiger partial charge in [0, 0.05) is 19.3 Å². The number of ether oxygens (including phenoxy) is 3. The van der Waals surface area contributed by atoms with Crippen LogP contribution in [0.3, 0.4) is 0 Å². The van der Waals surface area contributed by atoms with Gasteiger partial charge in [-0.1, -0.05) is 179 Å². The highest BCUT2D eigenvalue weighted by Crippen LogP contribution is 2.14. The van der Waals surface area contributed by atoms with Crippen LogP contribution in [0.1, 0.15) is 245 Å². The molecular formula is C50H90O6. The number of rotatable bonds is 43. The molecule has 0 rings (SSSR count). The highest BCUT2D eigenvalue weighted by molar-refractivity contribution is 5.71. The van der Waals surface area contributed by atoms with E-state index in [0.29, 0.717) is 19.3 Å². The van der Waals surface area contributed by atoms with E-state index in [1.165, 1.54) is 122 Å². The van der Waals surface area contributed by atoms with Crippen LogP contribution in [0.15, 0.2) is 36.5 Å². The molecule has 6 heteroatoms. The summed E-state index contributed by atoms with van der Waals surface area (Å²) in [6, 6.07) is 0. The lowest BCUT2D eigenvalue weighted by molar-refractivity contribution is -0.167. The molecule has 0 aromatic carbocycles. The zero-order valence-corrected chi connectivity index (χ0v) is 37.2. The minimum atomic E-state index is -0.779. The van der Waals surface area contributed by atoms with Gasteiger partial charge >= 0.3 is 17.9 Å². The molecule has 0 amide bonds. The molecule has 0 bridgehead atoms. The standard InChI is InChI=1S/C50H90O6/c1-4-7-10-13-16-19-22-23-24-25-26-29-31-34-37-40-43-49(52)55-46-47(56-50(53)44-41-38-35-32-28-21-18-15-12-9-6-3)45-54-48(51)42-39-36-33-30-27-20-17-14-11-8-5-2/h14-15,17-18,24-25,47H,4-13,16,19-23,26-46H2,1-3H3/b17-14-,18-15-,25-24-/t47-/m1/s1. The van der Waals surface area contributed by atoms with Gasteiger partial charge in [-0.25, -0.2) is 0 Å². The van der Waals surface area contributed by atoms with Crippen LogP contribution in [0.25, 0.3) is 0 Å². The Morgan fingerprint density at radius 1 is 0.339 bits per heavy atom. The fourth-order valence-electron chi connectivity index (χ4n) is 6.63. The van der Waals surface area contributed by atoms with Crippen LogP contribution in [-0.2, 0) is 28.6 Å². The molecule has 0 N–H and O–H groups in total. The number of unbranched alkanes of at least 4 members (excludes halogenated alkanes) is 26. The Morgan fingerprint density at radius 2 is 0.607 bits per heavy atom. The van der Waals surface area contributed by atoms with E-state index in [9.17, 15) is 14.4 Å². The molecule has 0 spiro atoms. The quantitative estimate of drug-likeness (QED) is 0.0265. The SMILES string of the molecule is CCCC/C=C\CCCCCCCC(=O)OC[C@H](COC(=O)CCCCCCC/C=C\CCCCCCCCC)OC(=O)CCCCCCC/C=C\CCCC. The van der Waals surface area contributed by atoms with Crippen molar-refractivity contribution < 1.29 is 28.6 Å². The van der Waals surface area contributed by atoms with Gasteiger partial charge in [0.2, 0.25) is 0 Å². The third-order valence-corrected chi connectivity index (χ3v) is 10.3. The van der Waals surface area contributed by atoms with Gasteiger partial charge in [0.1, 0.15) is 13.2 Å². The van der Waals surface area contributed by atoms with Crippen LogP contribution in [-0.4, -0.2) is 37.2 Å². The van der Waals surface area contributed by atoms with Gasteiger partial charge in [0.05, 0.1) is 0 Å². The topological polar surface area (TPSA) is 78.9 Å². The van der Waals surface area contributed by atoms with Gasteiger partial charge in [-0.05, 0) is 83.5 Å². The van der Waals surface area contributed by atoms with Gasteiger partial charge in [-0.2, -0.15) is 0 Å². The van der Waals surface area contributed by atoms with E-state index in [1.807, 2.05) is 0 Å². The predicted molar refractivity (Wildman–Crippen MR) is 238 cm³/mol. The maximum Gasteiger partial charge on any atom is 0.306 e. The zero-order chi connectivity index (χ0) is 40.8. The smallest absolute Gasteiger partial charge is 0.306 e. The second-order valence-electron chi connectivity index (χ2n) is 16.0.